The van der Waals surface area contributed by atoms with E-state index >= 15 is 0 Å². The minimum Gasteiger partial charge on any atom is -0.293 e. The fourth-order valence-corrected chi connectivity index (χ4v) is 2.84. The summed E-state index contributed by atoms with van der Waals surface area (Å²) in [5.74, 6) is 0. The van der Waals surface area contributed by atoms with Crippen molar-refractivity contribution in [2.75, 3.05) is 6.54 Å². The molecular weight excluding hydrogens is 288 g/mol. The molecule has 92 valence electrons. The number of rotatable bonds is 2. The zero-order valence-electron chi connectivity index (χ0n) is 10.1. The van der Waals surface area contributed by atoms with Crippen LogP contribution in [0.3, 0.4) is 0 Å². The Balaban J connectivity index is 1.73. The van der Waals surface area contributed by atoms with Gasteiger partial charge >= 0.3 is 0 Å². The van der Waals surface area contributed by atoms with E-state index in [2.05, 4.69) is 56.1 Å². The van der Waals surface area contributed by atoms with Gasteiger partial charge in [0.1, 0.15) is 4.60 Å². The number of hydrogen-bond acceptors (Lipinski definition) is 2. The molecule has 0 unspecified atom stereocenters. The molecule has 0 radical (unpaired) electrons. The Hall–Kier alpha value is -1.19. The fraction of sp³-hybridized carbons (Fsp3) is 0.267. The summed E-state index contributed by atoms with van der Waals surface area (Å²) in [6.45, 7) is 3.07. The largest absolute Gasteiger partial charge is 0.293 e. The van der Waals surface area contributed by atoms with Crippen molar-refractivity contribution in [3.05, 3.63) is 63.9 Å². The first kappa shape index (κ1) is 11.9. The lowest BCUT2D eigenvalue weighted by Gasteiger charge is -2.28. The lowest BCUT2D eigenvalue weighted by molar-refractivity contribution is 0.242. The molecule has 0 N–H and O–H groups in total. The quantitative estimate of drug-likeness (QED) is 0.791. The van der Waals surface area contributed by atoms with Crippen LogP contribution in [-0.2, 0) is 19.5 Å². The predicted octanol–water partition coefficient (Wildman–Crippen LogP) is 3.40. The van der Waals surface area contributed by atoms with Gasteiger partial charge in [0.25, 0.3) is 0 Å². The van der Waals surface area contributed by atoms with E-state index in [-0.39, 0.29) is 0 Å². The van der Waals surface area contributed by atoms with Crippen molar-refractivity contribution in [3.63, 3.8) is 0 Å². The molecule has 2 nitrogen and oxygen atoms in total. The molecule has 0 aliphatic carbocycles. The van der Waals surface area contributed by atoms with Gasteiger partial charge in [-0.1, -0.05) is 30.3 Å². The fourth-order valence-electron chi connectivity index (χ4n) is 2.46. The summed E-state index contributed by atoms with van der Waals surface area (Å²) < 4.78 is 0.914. The molecule has 0 saturated carbocycles. The van der Waals surface area contributed by atoms with Crippen molar-refractivity contribution in [2.24, 2.45) is 0 Å². The van der Waals surface area contributed by atoms with Crippen LogP contribution in [0.15, 0.2) is 47.1 Å². The van der Waals surface area contributed by atoms with E-state index < -0.39 is 0 Å². The lowest BCUT2D eigenvalue weighted by Crippen LogP contribution is -2.30. The summed E-state index contributed by atoms with van der Waals surface area (Å²) in [5.41, 5.74) is 4.08. The summed E-state index contributed by atoms with van der Waals surface area (Å²) >= 11 is 3.42. The smallest absolute Gasteiger partial charge is 0.106 e. The van der Waals surface area contributed by atoms with Gasteiger partial charge in [-0.2, -0.15) is 0 Å². The van der Waals surface area contributed by atoms with E-state index in [9.17, 15) is 0 Å². The Morgan fingerprint density at radius 3 is 2.72 bits per heavy atom. The zero-order chi connectivity index (χ0) is 12.4. The summed E-state index contributed by atoms with van der Waals surface area (Å²) in [6.07, 6.45) is 1.14. The lowest BCUT2D eigenvalue weighted by atomic mass is 10.00. The number of benzene rings is 1. The van der Waals surface area contributed by atoms with E-state index in [0.717, 1.165) is 36.4 Å². The van der Waals surface area contributed by atoms with Crippen LogP contribution in [-0.4, -0.2) is 16.4 Å². The highest BCUT2D eigenvalue weighted by molar-refractivity contribution is 9.10. The average molecular weight is 303 g/mol. The molecule has 0 spiro atoms. The highest BCUT2D eigenvalue weighted by Crippen LogP contribution is 2.20. The van der Waals surface area contributed by atoms with Crippen molar-refractivity contribution in [2.45, 2.75) is 19.5 Å². The number of aromatic nitrogens is 1. The maximum atomic E-state index is 4.50. The normalized spacial score (nSPS) is 15.4. The molecule has 1 aliphatic rings. The molecule has 0 atom stereocenters. The first-order valence-corrected chi connectivity index (χ1v) is 7.01. The third-order valence-electron chi connectivity index (χ3n) is 3.37. The van der Waals surface area contributed by atoms with E-state index in [4.69, 9.17) is 0 Å². The number of pyridine rings is 1. The minimum atomic E-state index is 0.914. The maximum Gasteiger partial charge on any atom is 0.106 e. The van der Waals surface area contributed by atoms with Crippen LogP contribution in [0.1, 0.15) is 16.8 Å². The van der Waals surface area contributed by atoms with Crippen LogP contribution in [0.25, 0.3) is 0 Å². The first-order chi connectivity index (χ1) is 8.81. The Morgan fingerprint density at radius 2 is 1.89 bits per heavy atom. The summed E-state index contributed by atoms with van der Waals surface area (Å²) in [7, 11) is 0. The van der Waals surface area contributed by atoms with Crippen LogP contribution in [0.5, 0.6) is 0 Å². The van der Waals surface area contributed by atoms with Crippen molar-refractivity contribution in [1.82, 2.24) is 9.88 Å². The molecular formula is C15H15BrN2. The average Bonchev–Trinajstić information content (AvgIpc) is 2.39. The monoisotopic (exact) mass is 302 g/mol. The predicted molar refractivity (Wildman–Crippen MR) is 76.2 cm³/mol. The molecule has 1 aliphatic heterocycles. The Morgan fingerprint density at radius 1 is 1.06 bits per heavy atom. The Bertz CT molecular complexity index is 554. The van der Waals surface area contributed by atoms with E-state index in [1.807, 2.05) is 12.1 Å². The van der Waals surface area contributed by atoms with Gasteiger partial charge in [0.15, 0.2) is 0 Å². The summed E-state index contributed by atoms with van der Waals surface area (Å²) in [5, 5.41) is 0. The molecule has 2 aromatic rings. The first-order valence-electron chi connectivity index (χ1n) is 6.22. The number of hydrogen-bond donors (Lipinski definition) is 0. The second-order valence-electron chi connectivity index (χ2n) is 4.68. The summed E-state index contributed by atoms with van der Waals surface area (Å²) in [6, 6.07) is 14.8. The van der Waals surface area contributed by atoms with Crippen LogP contribution in [0.2, 0.25) is 0 Å². The van der Waals surface area contributed by atoms with E-state index in [1.165, 1.54) is 11.1 Å². The van der Waals surface area contributed by atoms with Gasteiger partial charge in [0.2, 0.25) is 0 Å². The van der Waals surface area contributed by atoms with E-state index in [0.29, 0.717) is 0 Å². The highest BCUT2D eigenvalue weighted by Gasteiger charge is 2.15. The molecule has 3 heteroatoms. The van der Waals surface area contributed by atoms with E-state index in [1.54, 1.807) is 0 Å². The molecule has 0 saturated heterocycles. The number of nitrogens with zero attached hydrogens (tertiary/aromatic N) is 2. The van der Waals surface area contributed by atoms with Crippen LogP contribution >= 0.6 is 15.9 Å². The minimum absolute atomic E-state index is 0.914. The van der Waals surface area contributed by atoms with Crippen LogP contribution in [0.4, 0.5) is 0 Å². The van der Waals surface area contributed by atoms with Crippen molar-refractivity contribution >= 4 is 15.9 Å². The second kappa shape index (κ2) is 5.21. The van der Waals surface area contributed by atoms with Gasteiger partial charge in [-0.3, -0.25) is 4.90 Å². The summed E-state index contributed by atoms with van der Waals surface area (Å²) in [4.78, 5) is 6.95. The van der Waals surface area contributed by atoms with Crippen molar-refractivity contribution in [3.8, 4) is 0 Å². The Kier molecular flexibility index (Phi) is 3.43. The third-order valence-corrected chi connectivity index (χ3v) is 3.81. The van der Waals surface area contributed by atoms with Gasteiger partial charge in [-0.15, -0.1) is 0 Å². The maximum absolute atomic E-state index is 4.50. The molecule has 2 heterocycles. The van der Waals surface area contributed by atoms with Gasteiger partial charge in [-0.05, 0) is 45.6 Å². The Labute approximate surface area is 116 Å². The molecule has 1 aromatic heterocycles. The van der Waals surface area contributed by atoms with Gasteiger partial charge in [0, 0.05) is 19.6 Å². The zero-order valence-corrected chi connectivity index (χ0v) is 11.7. The SMILES string of the molecule is Brc1cccc(CN2CCc3ccccc3C2)n1. The van der Waals surface area contributed by atoms with Gasteiger partial charge < -0.3 is 0 Å². The number of halogens is 1. The molecule has 0 fully saturated rings. The topological polar surface area (TPSA) is 16.1 Å². The second-order valence-corrected chi connectivity index (χ2v) is 5.49. The molecule has 0 amide bonds. The van der Waals surface area contributed by atoms with Crippen molar-refractivity contribution < 1.29 is 0 Å². The van der Waals surface area contributed by atoms with Crippen molar-refractivity contribution in [1.29, 1.82) is 0 Å². The third kappa shape index (κ3) is 2.62. The van der Waals surface area contributed by atoms with Gasteiger partial charge in [-0.25, -0.2) is 4.98 Å². The standard InChI is InChI=1S/C15H15BrN2/c16-15-7-3-6-14(17-15)11-18-9-8-12-4-1-2-5-13(12)10-18/h1-7H,8-11H2. The van der Waals surface area contributed by atoms with Gasteiger partial charge in [0.05, 0.1) is 5.69 Å². The molecule has 18 heavy (non-hydrogen) atoms. The van der Waals surface area contributed by atoms with Crippen LogP contribution < -0.4 is 0 Å². The highest BCUT2D eigenvalue weighted by atomic mass is 79.9. The molecule has 1 aromatic carbocycles. The molecule has 3 rings (SSSR count). The molecule has 0 bridgehead atoms. The number of fused-ring (bicyclic) bond motifs is 1. The van der Waals surface area contributed by atoms with Crippen LogP contribution in [0, 0.1) is 0 Å².